The topological polar surface area (TPSA) is 23.5 Å². The van der Waals surface area contributed by atoms with Crippen molar-refractivity contribution in [3.05, 3.63) is 0 Å². The highest BCUT2D eigenvalue weighted by Gasteiger charge is 2.11. The number of hydrogen-bond donors (Lipinski definition) is 1. The zero-order valence-corrected chi connectivity index (χ0v) is 10.1. The number of unbranched alkanes of at least 4 members (excludes halogenated alkanes) is 3. The van der Waals surface area contributed by atoms with E-state index in [1.165, 1.54) is 32.1 Å². The standard InChI is InChI=1S/C12H27NO/c1-4-7-9-11-13(10-8-5-2)12(14)6-3/h12,14H,4-11H2,1-3H3. The van der Waals surface area contributed by atoms with Gasteiger partial charge in [0.2, 0.25) is 0 Å². The van der Waals surface area contributed by atoms with Gasteiger partial charge in [0.05, 0.1) is 0 Å². The van der Waals surface area contributed by atoms with E-state index in [0.717, 1.165) is 19.5 Å². The third-order valence-electron chi connectivity index (χ3n) is 2.63. The molecule has 14 heavy (non-hydrogen) atoms. The molecule has 0 spiro atoms. The van der Waals surface area contributed by atoms with Gasteiger partial charge >= 0.3 is 0 Å². The second-order valence-corrected chi connectivity index (χ2v) is 3.99. The van der Waals surface area contributed by atoms with Crippen molar-refractivity contribution in [3.8, 4) is 0 Å². The molecule has 0 fully saturated rings. The summed E-state index contributed by atoms with van der Waals surface area (Å²) in [6.45, 7) is 8.57. The van der Waals surface area contributed by atoms with Gasteiger partial charge in [0.1, 0.15) is 6.23 Å². The van der Waals surface area contributed by atoms with Crippen LogP contribution in [0.15, 0.2) is 0 Å². The van der Waals surface area contributed by atoms with E-state index in [-0.39, 0.29) is 6.23 Å². The maximum absolute atomic E-state index is 9.77. The minimum absolute atomic E-state index is 0.224. The molecule has 0 radical (unpaired) electrons. The van der Waals surface area contributed by atoms with Crippen molar-refractivity contribution >= 4 is 0 Å². The molecule has 0 aliphatic carbocycles. The first kappa shape index (κ1) is 13.9. The van der Waals surface area contributed by atoms with Crippen LogP contribution >= 0.6 is 0 Å². The molecule has 1 N–H and O–H groups in total. The van der Waals surface area contributed by atoms with Crippen molar-refractivity contribution in [3.63, 3.8) is 0 Å². The maximum Gasteiger partial charge on any atom is 0.107 e. The lowest BCUT2D eigenvalue weighted by atomic mass is 10.2. The fraction of sp³-hybridized carbons (Fsp3) is 1.00. The minimum Gasteiger partial charge on any atom is -0.378 e. The number of hydrogen-bond acceptors (Lipinski definition) is 2. The van der Waals surface area contributed by atoms with Crippen LogP contribution in [-0.2, 0) is 0 Å². The number of rotatable bonds is 9. The highest BCUT2D eigenvalue weighted by Crippen LogP contribution is 2.06. The van der Waals surface area contributed by atoms with Crippen LogP contribution in [0.4, 0.5) is 0 Å². The molecule has 1 unspecified atom stereocenters. The fourth-order valence-electron chi connectivity index (χ4n) is 1.59. The van der Waals surface area contributed by atoms with Crippen LogP contribution in [0.2, 0.25) is 0 Å². The Kier molecular flexibility index (Phi) is 9.42. The third kappa shape index (κ3) is 6.39. The van der Waals surface area contributed by atoms with E-state index in [9.17, 15) is 5.11 Å². The lowest BCUT2D eigenvalue weighted by molar-refractivity contribution is -0.000653. The average molecular weight is 201 g/mol. The average Bonchev–Trinajstić information content (AvgIpc) is 2.22. The number of nitrogens with zero attached hydrogens (tertiary/aromatic N) is 1. The predicted octanol–water partition coefficient (Wildman–Crippen LogP) is 3.01. The molecule has 0 bridgehead atoms. The van der Waals surface area contributed by atoms with Gasteiger partial charge in [-0.2, -0.15) is 0 Å². The van der Waals surface area contributed by atoms with Gasteiger partial charge in [-0.05, 0) is 19.3 Å². The lowest BCUT2D eigenvalue weighted by Gasteiger charge is -2.26. The van der Waals surface area contributed by atoms with E-state index in [1.54, 1.807) is 0 Å². The molecule has 0 rings (SSSR count). The third-order valence-corrected chi connectivity index (χ3v) is 2.63. The molecule has 2 nitrogen and oxygen atoms in total. The molecule has 0 aliphatic rings. The summed E-state index contributed by atoms with van der Waals surface area (Å²) in [7, 11) is 0. The van der Waals surface area contributed by atoms with Crippen molar-refractivity contribution in [2.75, 3.05) is 13.1 Å². The molecule has 0 aromatic carbocycles. The fourth-order valence-corrected chi connectivity index (χ4v) is 1.59. The Morgan fingerprint density at radius 3 is 2.00 bits per heavy atom. The van der Waals surface area contributed by atoms with Crippen molar-refractivity contribution in [1.82, 2.24) is 4.90 Å². The molecule has 2 heteroatoms. The van der Waals surface area contributed by atoms with E-state index >= 15 is 0 Å². The van der Waals surface area contributed by atoms with Crippen LogP contribution in [0.25, 0.3) is 0 Å². The zero-order valence-electron chi connectivity index (χ0n) is 10.1. The van der Waals surface area contributed by atoms with Gasteiger partial charge in [-0.1, -0.05) is 40.0 Å². The van der Waals surface area contributed by atoms with Crippen molar-refractivity contribution < 1.29 is 5.11 Å². The summed E-state index contributed by atoms with van der Waals surface area (Å²) in [5.74, 6) is 0. The van der Waals surface area contributed by atoms with Gasteiger partial charge in [-0.15, -0.1) is 0 Å². The summed E-state index contributed by atoms with van der Waals surface area (Å²) in [4.78, 5) is 2.22. The monoisotopic (exact) mass is 201 g/mol. The van der Waals surface area contributed by atoms with Gasteiger partial charge in [-0.3, -0.25) is 4.90 Å². The molecular weight excluding hydrogens is 174 g/mol. The van der Waals surface area contributed by atoms with E-state index in [2.05, 4.69) is 18.7 Å². The van der Waals surface area contributed by atoms with Gasteiger partial charge < -0.3 is 5.11 Å². The number of aliphatic hydroxyl groups excluding tert-OH is 1. The minimum atomic E-state index is -0.224. The van der Waals surface area contributed by atoms with Gasteiger partial charge in [0.15, 0.2) is 0 Å². The van der Waals surface area contributed by atoms with E-state index in [0.29, 0.717) is 0 Å². The van der Waals surface area contributed by atoms with Crippen molar-refractivity contribution in [2.45, 2.75) is 65.5 Å². The highest BCUT2D eigenvalue weighted by atomic mass is 16.3. The smallest absolute Gasteiger partial charge is 0.107 e. The van der Waals surface area contributed by atoms with Crippen LogP contribution in [0.3, 0.4) is 0 Å². The zero-order chi connectivity index (χ0) is 10.8. The Morgan fingerprint density at radius 1 is 0.929 bits per heavy atom. The molecule has 0 saturated heterocycles. The quantitative estimate of drug-likeness (QED) is 0.458. The van der Waals surface area contributed by atoms with Crippen molar-refractivity contribution in [1.29, 1.82) is 0 Å². The Morgan fingerprint density at radius 2 is 1.50 bits per heavy atom. The van der Waals surface area contributed by atoms with Gasteiger partial charge in [0.25, 0.3) is 0 Å². The summed E-state index contributed by atoms with van der Waals surface area (Å²) in [6.07, 6.45) is 6.78. The van der Waals surface area contributed by atoms with Crippen LogP contribution in [0, 0.1) is 0 Å². The Labute approximate surface area is 89.3 Å². The molecule has 86 valence electrons. The Bertz CT molecular complexity index is 117. The molecule has 0 amide bonds. The Hall–Kier alpha value is -0.0800. The number of aliphatic hydroxyl groups is 1. The summed E-state index contributed by atoms with van der Waals surface area (Å²) >= 11 is 0. The molecule has 0 aromatic heterocycles. The summed E-state index contributed by atoms with van der Waals surface area (Å²) in [5, 5.41) is 9.77. The molecular formula is C12H27NO. The van der Waals surface area contributed by atoms with Gasteiger partial charge in [0, 0.05) is 13.1 Å². The van der Waals surface area contributed by atoms with E-state index < -0.39 is 0 Å². The first-order valence-corrected chi connectivity index (χ1v) is 6.18. The summed E-state index contributed by atoms with van der Waals surface area (Å²) in [5.41, 5.74) is 0. The lowest BCUT2D eigenvalue weighted by Crippen LogP contribution is -2.36. The van der Waals surface area contributed by atoms with E-state index in [4.69, 9.17) is 0 Å². The maximum atomic E-state index is 9.77. The largest absolute Gasteiger partial charge is 0.378 e. The first-order chi connectivity index (χ1) is 6.76. The van der Waals surface area contributed by atoms with E-state index in [1.807, 2.05) is 6.92 Å². The van der Waals surface area contributed by atoms with Crippen LogP contribution in [0.5, 0.6) is 0 Å². The molecule has 0 aliphatic heterocycles. The summed E-state index contributed by atoms with van der Waals surface area (Å²) < 4.78 is 0. The molecule has 0 heterocycles. The molecule has 0 saturated carbocycles. The second kappa shape index (κ2) is 9.47. The SMILES string of the molecule is CCCCCN(CCCC)C(O)CC. The summed E-state index contributed by atoms with van der Waals surface area (Å²) in [6, 6.07) is 0. The highest BCUT2D eigenvalue weighted by molar-refractivity contribution is 4.60. The predicted molar refractivity (Wildman–Crippen MR) is 62.3 cm³/mol. The molecule has 0 aromatic rings. The van der Waals surface area contributed by atoms with Crippen LogP contribution in [0.1, 0.15) is 59.3 Å². The molecule has 1 atom stereocenters. The van der Waals surface area contributed by atoms with Crippen LogP contribution < -0.4 is 0 Å². The Balaban J connectivity index is 3.72. The second-order valence-electron chi connectivity index (χ2n) is 3.99. The van der Waals surface area contributed by atoms with Gasteiger partial charge in [-0.25, -0.2) is 0 Å². The first-order valence-electron chi connectivity index (χ1n) is 6.18. The van der Waals surface area contributed by atoms with Crippen molar-refractivity contribution in [2.24, 2.45) is 0 Å². The normalized spacial score (nSPS) is 13.5. The van der Waals surface area contributed by atoms with Crippen LogP contribution in [-0.4, -0.2) is 29.3 Å².